The third kappa shape index (κ3) is 4.49. The summed E-state index contributed by atoms with van der Waals surface area (Å²) in [5, 5.41) is 4.80. The number of nitrogens with zero attached hydrogens (tertiary/aromatic N) is 3. The van der Waals surface area contributed by atoms with Gasteiger partial charge in [-0.25, -0.2) is 9.07 Å². The minimum Gasteiger partial charge on any atom is -0.497 e. The van der Waals surface area contributed by atoms with Gasteiger partial charge in [-0.1, -0.05) is 12.1 Å². The first-order valence-electron chi connectivity index (χ1n) is 9.88. The molecule has 0 unspecified atom stereocenters. The molecule has 2 heterocycles. The van der Waals surface area contributed by atoms with Gasteiger partial charge in [-0.3, -0.25) is 4.90 Å². The number of rotatable bonds is 5. The van der Waals surface area contributed by atoms with Gasteiger partial charge in [0.1, 0.15) is 11.6 Å². The summed E-state index contributed by atoms with van der Waals surface area (Å²) in [6.07, 6.45) is 2.41. The maximum atomic E-state index is 13.9. The lowest BCUT2D eigenvalue weighted by Crippen LogP contribution is -2.44. The van der Waals surface area contributed by atoms with E-state index in [0.717, 1.165) is 47.9 Å². The van der Waals surface area contributed by atoms with E-state index in [1.54, 1.807) is 13.2 Å². The molecule has 1 fully saturated rings. The number of hydrogen-bond donors (Lipinski definition) is 0. The molecule has 5 nitrogen and oxygen atoms in total. The average molecular weight is 395 g/mol. The van der Waals surface area contributed by atoms with Crippen molar-refractivity contribution < 1.29 is 13.9 Å². The number of halogens is 1. The molecule has 2 atom stereocenters. The molecule has 0 N–H and O–H groups in total. The summed E-state index contributed by atoms with van der Waals surface area (Å²) >= 11 is 0. The molecule has 1 aliphatic heterocycles. The van der Waals surface area contributed by atoms with Crippen molar-refractivity contribution in [1.82, 2.24) is 14.7 Å². The van der Waals surface area contributed by atoms with E-state index in [1.807, 2.05) is 41.2 Å². The van der Waals surface area contributed by atoms with E-state index in [1.165, 1.54) is 12.1 Å². The van der Waals surface area contributed by atoms with Gasteiger partial charge in [0.25, 0.3) is 0 Å². The summed E-state index contributed by atoms with van der Waals surface area (Å²) < 4.78 is 26.8. The SMILES string of the molecule is COc1ccc(-n2cc(CN3C[C@@H](C)O[C@@H](C)C3)c(-c3cccc(F)c3)n2)cc1. The van der Waals surface area contributed by atoms with Gasteiger partial charge in [0.15, 0.2) is 0 Å². The molecule has 0 bridgehead atoms. The maximum absolute atomic E-state index is 13.9. The minimum atomic E-state index is -0.263. The fourth-order valence-corrected chi connectivity index (χ4v) is 3.93. The van der Waals surface area contributed by atoms with Crippen LogP contribution in [-0.4, -0.2) is 47.1 Å². The van der Waals surface area contributed by atoms with Crippen LogP contribution in [0.1, 0.15) is 19.4 Å². The molecule has 0 aliphatic carbocycles. The molecular formula is C23H26FN3O2. The van der Waals surface area contributed by atoms with Crippen LogP contribution in [0.4, 0.5) is 4.39 Å². The molecule has 0 amide bonds. The zero-order valence-electron chi connectivity index (χ0n) is 17.0. The molecule has 0 radical (unpaired) electrons. The Balaban J connectivity index is 1.70. The van der Waals surface area contributed by atoms with Crippen LogP contribution < -0.4 is 4.74 Å². The van der Waals surface area contributed by atoms with Crippen molar-refractivity contribution >= 4 is 0 Å². The van der Waals surface area contributed by atoms with Crippen LogP contribution in [-0.2, 0) is 11.3 Å². The van der Waals surface area contributed by atoms with Gasteiger partial charge in [-0.05, 0) is 50.2 Å². The van der Waals surface area contributed by atoms with Crippen LogP contribution in [0.5, 0.6) is 5.75 Å². The second-order valence-corrected chi connectivity index (χ2v) is 7.61. The molecule has 1 aromatic heterocycles. The van der Waals surface area contributed by atoms with Crippen LogP contribution in [0.2, 0.25) is 0 Å². The standard InChI is InChI=1S/C23H26FN3O2/c1-16-12-26(13-17(2)29-16)14-19-15-27(21-7-9-22(28-3)10-8-21)25-23(19)18-5-4-6-20(24)11-18/h4-11,15-17H,12-14H2,1-3H3/t16-,17+. The van der Waals surface area contributed by atoms with Crippen LogP contribution in [0.3, 0.4) is 0 Å². The van der Waals surface area contributed by atoms with Crippen LogP contribution in [0, 0.1) is 5.82 Å². The predicted molar refractivity (Wildman–Crippen MR) is 111 cm³/mol. The number of aromatic nitrogens is 2. The molecule has 4 rings (SSSR count). The molecule has 152 valence electrons. The topological polar surface area (TPSA) is 39.5 Å². The normalized spacial score (nSPS) is 20.0. The van der Waals surface area contributed by atoms with E-state index in [9.17, 15) is 4.39 Å². The predicted octanol–water partition coefficient (Wildman–Crippen LogP) is 4.30. The highest BCUT2D eigenvalue weighted by Gasteiger charge is 2.24. The Labute approximate surface area is 170 Å². The summed E-state index contributed by atoms with van der Waals surface area (Å²) in [6, 6.07) is 14.3. The number of ether oxygens (including phenoxy) is 2. The second kappa shape index (κ2) is 8.35. The Morgan fingerprint density at radius 1 is 1.10 bits per heavy atom. The van der Waals surface area contributed by atoms with Gasteiger partial charge in [-0.2, -0.15) is 5.10 Å². The third-order valence-corrected chi connectivity index (χ3v) is 5.11. The lowest BCUT2D eigenvalue weighted by atomic mass is 10.1. The molecule has 6 heteroatoms. The average Bonchev–Trinajstić information content (AvgIpc) is 3.11. The van der Waals surface area contributed by atoms with Gasteiger partial charge in [0.2, 0.25) is 0 Å². The smallest absolute Gasteiger partial charge is 0.123 e. The van der Waals surface area contributed by atoms with Crippen molar-refractivity contribution in [2.24, 2.45) is 0 Å². The zero-order chi connectivity index (χ0) is 20.4. The highest BCUT2D eigenvalue weighted by molar-refractivity contribution is 5.63. The van der Waals surface area contributed by atoms with Crippen LogP contribution >= 0.6 is 0 Å². The van der Waals surface area contributed by atoms with Crippen molar-refractivity contribution in [3.8, 4) is 22.7 Å². The third-order valence-electron chi connectivity index (χ3n) is 5.11. The summed E-state index contributed by atoms with van der Waals surface area (Å²) in [6.45, 7) is 6.65. The van der Waals surface area contributed by atoms with E-state index >= 15 is 0 Å². The first kappa shape index (κ1) is 19.6. The van der Waals surface area contributed by atoms with E-state index in [-0.39, 0.29) is 18.0 Å². The van der Waals surface area contributed by atoms with Crippen molar-refractivity contribution in [3.63, 3.8) is 0 Å². The second-order valence-electron chi connectivity index (χ2n) is 7.61. The van der Waals surface area contributed by atoms with Crippen LogP contribution in [0.15, 0.2) is 54.7 Å². The summed E-state index contributed by atoms with van der Waals surface area (Å²) in [5.41, 5.74) is 3.57. The number of morpholine rings is 1. The van der Waals surface area contributed by atoms with Crippen molar-refractivity contribution in [2.45, 2.75) is 32.6 Å². The monoisotopic (exact) mass is 395 g/mol. The number of hydrogen-bond acceptors (Lipinski definition) is 4. The Bertz CT molecular complexity index is 961. The van der Waals surface area contributed by atoms with Gasteiger partial charge in [0, 0.05) is 37.0 Å². The van der Waals surface area contributed by atoms with Crippen molar-refractivity contribution in [1.29, 1.82) is 0 Å². The van der Waals surface area contributed by atoms with E-state index in [2.05, 4.69) is 18.7 Å². The molecule has 3 aromatic rings. The van der Waals surface area contributed by atoms with Gasteiger partial charge >= 0.3 is 0 Å². The van der Waals surface area contributed by atoms with E-state index in [4.69, 9.17) is 14.6 Å². The fraction of sp³-hybridized carbons (Fsp3) is 0.348. The Kier molecular flexibility index (Phi) is 5.65. The highest BCUT2D eigenvalue weighted by atomic mass is 19.1. The largest absolute Gasteiger partial charge is 0.497 e. The molecule has 2 aromatic carbocycles. The molecule has 29 heavy (non-hydrogen) atoms. The molecule has 1 saturated heterocycles. The van der Waals surface area contributed by atoms with Crippen molar-refractivity contribution in [2.75, 3.05) is 20.2 Å². The highest BCUT2D eigenvalue weighted by Crippen LogP contribution is 2.27. The van der Waals surface area contributed by atoms with Crippen molar-refractivity contribution in [3.05, 3.63) is 66.1 Å². The Morgan fingerprint density at radius 3 is 2.48 bits per heavy atom. The summed E-state index contributed by atoms with van der Waals surface area (Å²) in [5.74, 6) is 0.531. The van der Waals surface area contributed by atoms with E-state index < -0.39 is 0 Å². The molecule has 0 saturated carbocycles. The number of methoxy groups -OCH3 is 1. The lowest BCUT2D eigenvalue weighted by molar-refractivity contribution is -0.0704. The first-order valence-corrected chi connectivity index (χ1v) is 9.88. The minimum absolute atomic E-state index is 0.188. The van der Waals surface area contributed by atoms with E-state index in [0.29, 0.717) is 0 Å². The molecular weight excluding hydrogens is 369 g/mol. The van der Waals surface area contributed by atoms with Crippen LogP contribution in [0.25, 0.3) is 16.9 Å². The fourth-order valence-electron chi connectivity index (χ4n) is 3.93. The Hall–Kier alpha value is -2.70. The number of benzene rings is 2. The zero-order valence-corrected chi connectivity index (χ0v) is 17.0. The summed E-state index contributed by atoms with van der Waals surface area (Å²) in [4.78, 5) is 2.37. The maximum Gasteiger partial charge on any atom is 0.123 e. The molecule has 0 spiro atoms. The van der Waals surface area contributed by atoms with Gasteiger partial charge in [0.05, 0.1) is 30.7 Å². The lowest BCUT2D eigenvalue weighted by Gasteiger charge is -2.35. The summed E-state index contributed by atoms with van der Waals surface area (Å²) in [7, 11) is 1.65. The Morgan fingerprint density at radius 2 is 1.83 bits per heavy atom. The van der Waals surface area contributed by atoms with Gasteiger partial charge in [-0.15, -0.1) is 0 Å². The molecule has 1 aliphatic rings. The first-order chi connectivity index (χ1) is 14.0. The van der Waals surface area contributed by atoms with Gasteiger partial charge < -0.3 is 9.47 Å². The quantitative estimate of drug-likeness (QED) is 0.646.